The molecule has 1 unspecified atom stereocenters. The summed E-state index contributed by atoms with van der Waals surface area (Å²) in [5.41, 5.74) is 2.21. The van der Waals surface area contributed by atoms with E-state index in [-0.39, 0.29) is 4.32 Å². The Bertz CT molecular complexity index is 979. The zero-order chi connectivity index (χ0) is 21.8. The average Bonchev–Trinajstić information content (AvgIpc) is 3.28. The number of carboxylic acid groups (broad SMARTS) is 1. The predicted molar refractivity (Wildman–Crippen MR) is 128 cm³/mol. The van der Waals surface area contributed by atoms with E-state index in [2.05, 4.69) is 26.0 Å². The summed E-state index contributed by atoms with van der Waals surface area (Å²) in [6.45, 7) is 4.29. The van der Waals surface area contributed by atoms with Gasteiger partial charge in [-0.1, -0.05) is 62.1 Å². The van der Waals surface area contributed by atoms with Gasteiger partial charge in [-0.05, 0) is 42.0 Å². The Hall–Kier alpha value is -2.03. The van der Waals surface area contributed by atoms with E-state index in [4.69, 9.17) is 16.6 Å². The Morgan fingerprint density at radius 1 is 1.27 bits per heavy atom. The topological polar surface area (TPSA) is 70.8 Å². The zero-order valence-electron chi connectivity index (χ0n) is 17.0. The van der Waals surface area contributed by atoms with Crippen molar-refractivity contribution in [1.82, 2.24) is 4.90 Å². The number of hydrogen-bond donors (Lipinski definition) is 1. The first-order valence-corrected chi connectivity index (χ1v) is 12.1. The van der Waals surface area contributed by atoms with Gasteiger partial charge in [-0.25, -0.2) is 4.79 Å². The average molecular weight is 462 g/mol. The van der Waals surface area contributed by atoms with E-state index in [1.54, 1.807) is 12.1 Å². The van der Waals surface area contributed by atoms with Gasteiger partial charge in [0.15, 0.2) is 0 Å². The normalized spacial score (nSPS) is 16.7. The van der Waals surface area contributed by atoms with Gasteiger partial charge in [0, 0.05) is 11.6 Å². The maximum Gasteiger partial charge on any atom is 0.326 e. The van der Waals surface area contributed by atoms with Crippen molar-refractivity contribution in [2.75, 3.05) is 12.0 Å². The van der Waals surface area contributed by atoms with Crippen LogP contribution in [0.2, 0.25) is 0 Å². The van der Waals surface area contributed by atoms with Crippen LogP contribution in [0.15, 0.2) is 45.7 Å². The van der Waals surface area contributed by atoms with E-state index in [1.807, 2.05) is 24.5 Å². The summed E-state index contributed by atoms with van der Waals surface area (Å²) in [5, 5.41) is 9.54. The van der Waals surface area contributed by atoms with Crippen LogP contribution in [0, 0.1) is 0 Å². The van der Waals surface area contributed by atoms with E-state index in [0.29, 0.717) is 34.5 Å². The third kappa shape index (κ3) is 4.99. The molecule has 1 atom stereocenters. The lowest BCUT2D eigenvalue weighted by molar-refractivity contribution is -0.145. The second-order valence-corrected chi connectivity index (χ2v) is 9.83. The number of rotatable bonds is 8. The molecule has 0 radical (unpaired) electrons. The van der Waals surface area contributed by atoms with E-state index < -0.39 is 17.9 Å². The van der Waals surface area contributed by atoms with Crippen LogP contribution in [0.25, 0.3) is 17.4 Å². The van der Waals surface area contributed by atoms with Gasteiger partial charge < -0.3 is 9.52 Å². The van der Waals surface area contributed by atoms with Crippen molar-refractivity contribution in [2.24, 2.45) is 0 Å². The summed E-state index contributed by atoms with van der Waals surface area (Å²) < 4.78 is 6.16. The second kappa shape index (κ2) is 9.85. The van der Waals surface area contributed by atoms with Gasteiger partial charge in [-0.3, -0.25) is 9.69 Å². The van der Waals surface area contributed by atoms with Gasteiger partial charge in [-0.15, -0.1) is 0 Å². The Balaban J connectivity index is 1.80. The molecule has 8 heteroatoms. The van der Waals surface area contributed by atoms with Crippen molar-refractivity contribution in [3.05, 3.63) is 52.6 Å². The number of benzene rings is 1. The van der Waals surface area contributed by atoms with Gasteiger partial charge in [0.1, 0.15) is 21.9 Å². The maximum atomic E-state index is 12.8. The lowest BCUT2D eigenvalue weighted by Crippen LogP contribution is -2.44. The molecule has 1 N–H and O–H groups in total. The Kier molecular flexibility index (Phi) is 7.44. The zero-order valence-corrected chi connectivity index (χ0v) is 19.4. The van der Waals surface area contributed by atoms with Crippen LogP contribution in [0.1, 0.15) is 37.5 Å². The monoisotopic (exact) mass is 461 g/mol. The van der Waals surface area contributed by atoms with Crippen molar-refractivity contribution in [3.63, 3.8) is 0 Å². The molecule has 3 rings (SSSR count). The van der Waals surface area contributed by atoms with Crippen LogP contribution in [-0.4, -0.2) is 44.3 Å². The lowest BCUT2D eigenvalue weighted by atomic mass is 10.0. The summed E-state index contributed by atoms with van der Waals surface area (Å²) in [7, 11) is 0. The Morgan fingerprint density at radius 3 is 2.57 bits per heavy atom. The first-order chi connectivity index (χ1) is 14.3. The second-order valence-electron chi connectivity index (χ2n) is 7.17. The molecule has 5 nitrogen and oxygen atoms in total. The fraction of sp³-hybridized carbons (Fsp3) is 0.318. The molecular weight excluding hydrogens is 438 g/mol. The molecule has 0 spiro atoms. The third-order valence-corrected chi connectivity index (χ3v) is 6.75. The van der Waals surface area contributed by atoms with Gasteiger partial charge >= 0.3 is 5.97 Å². The summed E-state index contributed by atoms with van der Waals surface area (Å²) in [5.74, 6) is 0.873. The fourth-order valence-corrected chi connectivity index (χ4v) is 4.88. The first-order valence-electron chi connectivity index (χ1n) is 9.50. The van der Waals surface area contributed by atoms with Crippen molar-refractivity contribution in [3.8, 4) is 11.3 Å². The number of carboxylic acids is 1. The van der Waals surface area contributed by atoms with Gasteiger partial charge in [0.05, 0.1) is 4.91 Å². The highest BCUT2D eigenvalue weighted by molar-refractivity contribution is 8.26. The molecule has 2 heterocycles. The number of carbonyl (C=O) groups excluding carboxylic acids is 1. The molecular formula is C22H23NO4S3. The third-order valence-electron chi connectivity index (χ3n) is 4.78. The van der Waals surface area contributed by atoms with Crippen molar-refractivity contribution in [2.45, 2.75) is 32.2 Å². The number of amides is 1. The summed E-state index contributed by atoms with van der Waals surface area (Å²) in [6, 6.07) is 10.9. The predicted octanol–water partition coefficient (Wildman–Crippen LogP) is 5.48. The largest absolute Gasteiger partial charge is 0.480 e. The summed E-state index contributed by atoms with van der Waals surface area (Å²) >= 11 is 7.94. The number of hydrogen-bond acceptors (Lipinski definition) is 6. The maximum absolute atomic E-state index is 12.8. The minimum absolute atomic E-state index is 0.260. The van der Waals surface area contributed by atoms with Crippen LogP contribution in [-0.2, 0) is 9.59 Å². The molecule has 1 aliphatic rings. The highest BCUT2D eigenvalue weighted by Crippen LogP contribution is 2.35. The SMILES string of the molecule is CSCCC(C(=O)O)N1C(=O)/C(=C\c2ccc(-c3ccc(C(C)C)cc3)o2)SC1=S. The molecule has 0 bridgehead atoms. The molecule has 1 amide bonds. The van der Waals surface area contributed by atoms with Crippen LogP contribution in [0.3, 0.4) is 0 Å². The molecule has 2 aromatic rings. The van der Waals surface area contributed by atoms with Crippen LogP contribution in [0.4, 0.5) is 0 Å². The molecule has 1 aromatic carbocycles. The molecule has 158 valence electrons. The van der Waals surface area contributed by atoms with E-state index in [1.165, 1.54) is 22.2 Å². The number of furan rings is 1. The Morgan fingerprint density at radius 2 is 1.97 bits per heavy atom. The first kappa shape index (κ1) is 22.7. The van der Waals surface area contributed by atoms with Crippen molar-refractivity contribution in [1.29, 1.82) is 0 Å². The van der Waals surface area contributed by atoms with Crippen molar-refractivity contribution < 1.29 is 19.1 Å². The Labute approximate surface area is 189 Å². The van der Waals surface area contributed by atoms with Gasteiger partial charge in [0.25, 0.3) is 5.91 Å². The van der Waals surface area contributed by atoms with Crippen LogP contribution in [0.5, 0.6) is 0 Å². The standard InChI is InChI=1S/C22H23NO4S3/c1-13(2)14-4-6-15(7-5-14)18-9-8-16(27-18)12-19-20(24)23(22(28)30-19)17(21(25)26)10-11-29-3/h4-9,12-13,17H,10-11H2,1-3H3,(H,25,26)/b19-12+. The summed E-state index contributed by atoms with van der Waals surface area (Å²) in [6.07, 6.45) is 3.86. The van der Waals surface area contributed by atoms with Gasteiger partial charge in [0.2, 0.25) is 0 Å². The van der Waals surface area contributed by atoms with Gasteiger partial charge in [-0.2, -0.15) is 11.8 Å². The summed E-state index contributed by atoms with van der Waals surface area (Å²) in [4.78, 5) is 26.1. The molecule has 1 aromatic heterocycles. The van der Waals surface area contributed by atoms with Crippen LogP contribution < -0.4 is 0 Å². The number of aliphatic carboxylic acids is 1. The molecule has 1 aliphatic heterocycles. The minimum Gasteiger partial charge on any atom is -0.480 e. The fourth-order valence-electron chi connectivity index (χ4n) is 3.09. The molecule has 1 fully saturated rings. The quantitative estimate of drug-likeness (QED) is 0.412. The van der Waals surface area contributed by atoms with E-state index in [9.17, 15) is 14.7 Å². The minimum atomic E-state index is -1.05. The van der Waals surface area contributed by atoms with E-state index >= 15 is 0 Å². The number of thioether (sulfide) groups is 2. The number of carbonyl (C=O) groups is 2. The highest BCUT2D eigenvalue weighted by Gasteiger charge is 2.40. The molecule has 0 saturated carbocycles. The lowest BCUT2D eigenvalue weighted by Gasteiger charge is -2.22. The van der Waals surface area contributed by atoms with Crippen LogP contribution >= 0.6 is 35.7 Å². The van der Waals surface area contributed by atoms with E-state index in [0.717, 1.165) is 17.3 Å². The molecule has 1 saturated heterocycles. The number of thiocarbonyl (C=S) groups is 1. The smallest absolute Gasteiger partial charge is 0.326 e. The van der Waals surface area contributed by atoms with Crippen molar-refractivity contribution >= 4 is 58.0 Å². The highest BCUT2D eigenvalue weighted by atomic mass is 32.2. The molecule has 0 aliphatic carbocycles. The number of nitrogens with zero attached hydrogens (tertiary/aromatic N) is 1. The molecule has 30 heavy (non-hydrogen) atoms.